The van der Waals surface area contributed by atoms with Crippen LogP contribution >= 0.6 is 15.9 Å². The predicted octanol–water partition coefficient (Wildman–Crippen LogP) is 2.36. The molecule has 0 fully saturated rings. The van der Waals surface area contributed by atoms with E-state index in [-0.39, 0.29) is 16.8 Å². The van der Waals surface area contributed by atoms with Gasteiger partial charge in [-0.25, -0.2) is 9.18 Å². The van der Waals surface area contributed by atoms with Crippen LogP contribution < -0.4 is 5.32 Å². The van der Waals surface area contributed by atoms with Gasteiger partial charge in [-0.2, -0.15) is 0 Å². The Kier molecular flexibility index (Phi) is 5.47. The van der Waals surface area contributed by atoms with Crippen molar-refractivity contribution >= 4 is 27.8 Å². The molecule has 0 unspecified atom stereocenters. The molecular formula is C13H15BrFNO3. The molecule has 19 heavy (non-hydrogen) atoms. The summed E-state index contributed by atoms with van der Waals surface area (Å²) < 4.78 is 13.3. The van der Waals surface area contributed by atoms with Crippen molar-refractivity contribution in [2.24, 2.45) is 5.92 Å². The van der Waals surface area contributed by atoms with Gasteiger partial charge >= 0.3 is 5.97 Å². The number of carbonyl (C=O) groups is 2. The Balaban J connectivity index is 2.69. The molecule has 1 atom stereocenters. The second-order valence-corrected chi connectivity index (χ2v) is 5.41. The van der Waals surface area contributed by atoms with Crippen LogP contribution in [0.1, 0.15) is 19.4 Å². The second-order valence-electron chi connectivity index (χ2n) is 4.55. The van der Waals surface area contributed by atoms with E-state index in [1.807, 2.05) is 0 Å². The minimum atomic E-state index is -1.07. The Morgan fingerprint density at radius 2 is 2.05 bits per heavy atom. The number of hydrogen-bond acceptors (Lipinski definition) is 2. The largest absolute Gasteiger partial charge is 0.480 e. The van der Waals surface area contributed by atoms with Crippen LogP contribution in [-0.4, -0.2) is 23.0 Å². The molecule has 0 aliphatic carbocycles. The topological polar surface area (TPSA) is 66.4 Å². The van der Waals surface area contributed by atoms with Gasteiger partial charge in [0.05, 0.1) is 10.9 Å². The third-order valence-corrected chi connectivity index (χ3v) is 3.21. The first kappa shape index (κ1) is 15.6. The van der Waals surface area contributed by atoms with Crippen molar-refractivity contribution in [3.05, 3.63) is 34.1 Å². The molecule has 0 saturated heterocycles. The maximum absolute atomic E-state index is 13.0. The van der Waals surface area contributed by atoms with Gasteiger partial charge in [-0.15, -0.1) is 0 Å². The molecule has 0 aliphatic rings. The van der Waals surface area contributed by atoms with E-state index in [9.17, 15) is 14.0 Å². The molecule has 0 saturated carbocycles. The summed E-state index contributed by atoms with van der Waals surface area (Å²) in [5.41, 5.74) is 0.610. The summed E-state index contributed by atoms with van der Waals surface area (Å²) in [5.74, 6) is -2.08. The van der Waals surface area contributed by atoms with Crippen LogP contribution in [0.25, 0.3) is 0 Å². The van der Waals surface area contributed by atoms with Gasteiger partial charge < -0.3 is 10.4 Å². The molecule has 2 N–H and O–H groups in total. The lowest BCUT2D eigenvalue weighted by molar-refractivity contribution is -0.143. The SMILES string of the molecule is CC(C)[C@H](NC(=O)Cc1ccc(F)c(Br)c1)C(=O)O. The number of hydrogen-bond donors (Lipinski definition) is 2. The first-order chi connectivity index (χ1) is 8.81. The molecule has 0 aliphatic heterocycles. The smallest absolute Gasteiger partial charge is 0.326 e. The summed E-state index contributed by atoms with van der Waals surface area (Å²) in [5, 5.41) is 11.4. The highest BCUT2D eigenvalue weighted by molar-refractivity contribution is 9.10. The highest BCUT2D eigenvalue weighted by Gasteiger charge is 2.23. The standard InChI is InChI=1S/C13H15BrFNO3/c1-7(2)12(13(18)19)16-11(17)6-8-3-4-10(15)9(14)5-8/h3-5,7,12H,6H2,1-2H3,(H,16,17)(H,18,19)/t12-/m0/s1. The number of carboxylic acids is 1. The molecule has 6 heteroatoms. The van der Waals surface area contributed by atoms with Crippen LogP contribution in [0.2, 0.25) is 0 Å². The van der Waals surface area contributed by atoms with Gasteiger partial charge in [-0.05, 0) is 39.5 Å². The monoisotopic (exact) mass is 331 g/mol. The zero-order chi connectivity index (χ0) is 14.6. The number of nitrogens with one attached hydrogen (secondary N) is 1. The van der Waals surface area contributed by atoms with Crippen molar-refractivity contribution in [1.82, 2.24) is 5.32 Å². The molecule has 0 aromatic heterocycles. The zero-order valence-electron chi connectivity index (χ0n) is 10.6. The molecule has 1 aromatic carbocycles. The first-order valence-corrected chi connectivity index (χ1v) is 6.56. The van der Waals surface area contributed by atoms with Gasteiger partial charge in [0.2, 0.25) is 5.91 Å². The number of carbonyl (C=O) groups excluding carboxylic acids is 1. The van der Waals surface area contributed by atoms with E-state index in [2.05, 4.69) is 21.2 Å². The second kappa shape index (κ2) is 6.65. The van der Waals surface area contributed by atoms with Gasteiger partial charge in [-0.1, -0.05) is 19.9 Å². The van der Waals surface area contributed by atoms with Crippen molar-refractivity contribution in [3.63, 3.8) is 0 Å². The van der Waals surface area contributed by atoms with Crippen LogP contribution in [-0.2, 0) is 16.0 Å². The molecule has 1 rings (SSSR count). The van der Waals surface area contributed by atoms with Crippen molar-refractivity contribution < 1.29 is 19.1 Å². The summed E-state index contributed by atoms with van der Waals surface area (Å²) in [7, 11) is 0. The Hall–Kier alpha value is -1.43. The lowest BCUT2D eigenvalue weighted by Crippen LogP contribution is -2.44. The predicted molar refractivity (Wildman–Crippen MR) is 72.2 cm³/mol. The van der Waals surface area contributed by atoms with Crippen molar-refractivity contribution in [3.8, 4) is 0 Å². The maximum atomic E-state index is 13.0. The van der Waals surface area contributed by atoms with Crippen LogP contribution in [0.3, 0.4) is 0 Å². The number of aliphatic carboxylic acids is 1. The first-order valence-electron chi connectivity index (χ1n) is 5.77. The van der Waals surface area contributed by atoms with Gasteiger partial charge in [0, 0.05) is 0 Å². The number of benzene rings is 1. The fraction of sp³-hybridized carbons (Fsp3) is 0.385. The summed E-state index contributed by atoms with van der Waals surface area (Å²) in [6.07, 6.45) is 0.00931. The molecule has 0 radical (unpaired) electrons. The normalized spacial score (nSPS) is 12.3. The summed E-state index contributed by atoms with van der Waals surface area (Å²) in [6.45, 7) is 3.43. The number of carboxylic acid groups (broad SMARTS) is 1. The molecule has 0 bridgehead atoms. The lowest BCUT2D eigenvalue weighted by Gasteiger charge is -2.17. The van der Waals surface area contributed by atoms with E-state index in [4.69, 9.17) is 5.11 Å². The third-order valence-electron chi connectivity index (χ3n) is 2.60. The molecule has 104 valence electrons. The molecular weight excluding hydrogens is 317 g/mol. The minimum Gasteiger partial charge on any atom is -0.480 e. The Morgan fingerprint density at radius 3 is 2.53 bits per heavy atom. The van der Waals surface area contributed by atoms with E-state index in [1.165, 1.54) is 18.2 Å². The van der Waals surface area contributed by atoms with Gasteiger partial charge in [-0.3, -0.25) is 4.79 Å². The van der Waals surface area contributed by atoms with Crippen LogP contribution in [0.5, 0.6) is 0 Å². The minimum absolute atomic E-state index is 0.00931. The Labute approximate surface area is 119 Å². The summed E-state index contributed by atoms with van der Waals surface area (Å²) in [6, 6.07) is 3.32. The summed E-state index contributed by atoms with van der Waals surface area (Å²) in [4.78, 5) is 22.7. The van der Waals surface area contributed by atoms with Gasteiger partial charge in [0.15, 0.2) is 0 Å². The fourth-order valence-electron chi connectivity index (χ4n) is 1.57. The van der Waals surface area contributed by atoms with E-state index in [1.54, 1.807) is 13.8 Å². The van der Waals surface area contributed by atoms with Crippen molar-refractivity contribution in [1.29, 1.82) is 0 Å². The van der Waals surface area contributed by atoms with E-state index in [0.29, 0.717) is 5.56 Å². The van der Waals surface area contributed by atoms with E-state index < -0.39 is 23.7 Å². The Morgan fingerprint density at radius 1 is 1.42 bits per heavy atom. The summed E-state index contributed by atoms with van der Waals surface area (Å²) >= 11 is 3.03. The van der Waals surface area contributed by atoms with Crippen molar-refractivity contribution in [2.75, 3.05) is 0 Å². The quantitative estimate of drug-likeness (QED) is 0.870. The molecule has 1 amide bonds. The van der Waals surface area contributed by atoms with Crippen LogP contribution in [0, 0.1) is 11.7 Å². The fourth-order valence-corrected chi connectivity index (χ4v) is 2.00. The molecule has 4 nitrogen and oxygen atoms in total. The average molecular weight is 332 g/mol. The third kappa shape index (κ3) is 4.63. The molecule has 0 heterocycles. The zero-order valence-corrected chi connectivity index (χ0v) is 12.2. The number of rotatable bonds is 5. The van der Waals surface area contributed by atoms with Crippen LogP contribution in [0.4, 0.5) is 4.39 Å². The van der Waals surface area contributed by atoms with Crippen molar-refractivity contribution in [2.45, 2.75) is 26.3 Å². The Bertz CT molecular complexity index is 491. The highest BCUT2D eigenvalue weighted by atomic mass is 79.9. The van der Waals surface area contributed by atoms with E-state index in [0.717, 1.165) is 0 Å². The average Bonchev–Trinajstić information content (AvgIpc) is 2.30. The lowest BCUT2D eigenvalue weighted by atomic mass is 10.0. The number of halogens is 2. The maximum Gasteiger partial charge on any atom is 0.326 e. The van der Waals surface area contributed by atoms with Gasteiger partial charge in [0.1, 0.15) is 11.9 Å². The number of amides is 1. The van der Waals surface area contributed by atoms with Crippen LogP contribution in [0.15, 0.2) is 22.7 Å². The van der Waals surface area contributed by atoms with Gasteiger partial charge in [0.25, 0.3) is 0 Å². The molecule has 1 aromatic rings. The molecule has 0 spiro atoms. The van der Waals surface area contributed by atoms with E-state index >= 15 is 0 Å². The highest BCUT2D eigenvalue weighted by Crippen LogP contribution is 2.17.